The van der Waals surface area contributed by atoms with Crippen molar-refractivity contribution in [2.75, 3.05) is 0 Å². The molecule has 0 saturated heterocycles. The van der Waals surface area contributed by atoms with Crippen molar-refractivity contribution in [2.24, 2.45) is 10.1 Å². The van der Waals surface area contributed by atoms with Crippen molar-refractivity contribution >= 4 is 50.7 Å². The third-order valence-electron chi connectivity index (χ3n) is 4.58. The van der Waals surface area contributed by atoms with Gasteiger partial charge in [0, 0.05) is 27.5 Å². The fraction of sp³-hybridized carbons (Fsp3) is 0. The fourth-order valence-corrected chi connectivity index (χ4v) is 4.56. The van der Waals surface area contributed by atoms with Crippen molar-refractivity contribution in [3.8, 4) is 17.1 Å². The van der Waals surface area contributed by atoms with Crippen LogP contribution in [-0.4, -0.2) is 23.8 Å². The molecular formula is C22H14Cl3FN4O2S. The van der Waals surface area contributed by atoms with E-state index in [1.807, 2.05) is 0 Å². The highest BCUT2D eigenvalue weighted by Gasteiger charge is 2.19. The van der Waals surface area contributed by atoms with E-state index in [9.17, 15) is 12.8 Å². The zero-order chi connectivity index (χ0) is 23.8. The number of hydrogen-bond donors (Lipinski definition) is 1. The van der Waals surface area contributed by atoms with Gasteiger partial charge in [0.25, 0.3) is 10.0 Å². The highest BCUT2D eigenvalue weighted by Crippen LogP contribution is 2.32. The zero-order valence-electron chi connectivity index (χ0n) is 16.6. The Kier molecular flexibility index (Phi) is 6.45. The standard InChI is InChI=1S/C22H14Cl3FN4O2S/c23-13-1-6-16(7-2-13)30-12-20(28-22(30)18-10-3-14(24)11-19(18)25)21(27)29-33(31,32)17-8-4-15(26)5-9-17/h1-12H,(H2,27,29). The van der Waals surface area contributed by atoms with Crippen LogP contribution in [0.5, 0.6) is 0 Å². The van der Waals surface area contributed by atoms with Crippen LogP contribution in [0.1, 0.15) is 5.69 Å². The average Bonchev–Trinajstić information content (AvgIpc) is 3.19. The molecular weight excluding hydrogens is 510 g/mol. The van der Waals surface area contributed by atoms with Gasteiger partial charge in [-0.1, -0.05) is 34.8 Å². The molecule has 0 aliphatic rings. The van der Waals surface area contributed by atoms with Gasteiger partial charge in [-0.05, 0) is 66.7 Å². The molecule has 168 valence electrons. The van der Waals surface area contributed by atoms with Gasteiger partial charge in [-0.15, -0.1) is 4.40 Å². The summed E-state index contributed by atoms with van der Waals surface area (Å²) in [4.78, 5) is 4.28. The number of imidazole rings is 1. The molecule has 0 aliphatic heterocycles. The molecule has 3 aromatic carbocycles. The van der Waals surface area contributed by atoms with E-state index >= 15 is 0 Å². The summed E-state index contributed by atoms with van der Waals surface area (Å²) < 4.78 is 43.7. The van der Waals surface area contributed by atoms with Crippen LogP contribution in [0.2, 0.25) is 15.1 Å². The highest BCUT2D eigenvalue weighted by molar-refractivity contribution is 7.90. The predicted molar refractivity (Wildman–Crippen MR) is 128 cm³/mol. The number of aromatic nitrogens is 2. The summed E-state index contributed by atoms with van der Waals surface area (Å²) in [6.07, 6.45) is 1.53. The van der Waals surface area contributed by atoms with Crippen molar-refractivity contribution in [3.63, 3.8) is 0 Å². The molecule has 1 aromatic heterocycles. The summed E-state index contributed by atoms with van der Waals surface area (Å²) in [7, 11) is -4.19. The average molecular weight is 524 g/mol. The Morgan fingerprint density at radius 2 is 1.58 bits per heavy atom. The molecule has 0 atom stereocenters. The van der Waals surface area contributed by atoms with Crippen LogP contribution >= 0.6 is 34.8 Å². The maximum absolute atomic E-state index is 13.2. The molecule has 0 aliphatic carbocycles. The summed E-state index contributed by atoms with van der Waals surface area (Å²) in [6.45, 7) is 0. The molecule has 1 heterocycles. The maximum Gasteiger partial charge on any atom is 0.284 e. The minimum Gasteiger partial charge on any atom is -0.381 e. The van der Waals surface area contributed by atoms with Crippen molar-refractivity contribution in [1.82, 2.24) is 9.55 Å². The van der Waals surface area contributed by atoms with E-state index in [4.69, 9.17) is 40.5 Å². The van der Waals surface area contributed by atoms with Crippen LogP contribution in [0.4, 0.5) is 4.39 Å². The molecule has 0 amide bonds. The normalized spacial score (nSPS) is 12.2. The van der Waals surface area contributed by atoms with Gasteiger partial charge >= 0.3 is 0 Å². The molecule has 11 heteroatoms. The second kappa shape index (κ2) is 9.15. The molecule has 0 radical (unpaired) electrons. The third kappa shape index (κ3) is 5.04. The lowest BCUT2D eigenvalue weighted by molar-refractivity contribution is 0.596. The SMILES string of the molecule is N/C(=N\S(=O)(=O)c1ccc(F)cc1)c1cn(-c2ccc(Cl)cc2)c(-c2ccc(Cl)cc2Cl)n1. The number of halogens is 4. The largest absolute Gasteiger partial charge is 0.381 e. The third-order valence-corrected chi connectivity index (χ3v) is 6.68. The van der Waals surface area contributed by atoms with E-state index in [0.29, 0.717) is 32.1 Å². The summed E-state index contributed by atoms with van der Waals surface area (Å²) >= 11 is 18.4. The van der Waals surface area contributed by atoms with Gasteiger partial charge in [0.2, 0.25) is 0 Å². The van der Waals surface area contributed by atoms with E-state index in [2.05, 4.69) is 9.38 Å². The molecule has 2 N–H and O–H groups in total. The van der Waals surface area contributed by atoms with E-state index in [0.717, 1.165) is 24.3 Å². The highest BCUT2D eigenvalue weighted by atomic mass is 35.5. The quantitative estimate of drug-likeness (QED) is 0.267. The number of rotatable bonds is 5. The van der Waals surface area contributed by atoms with E-state index in [1.165, 1.54) is 6.20 Å². The minimum atomic E-state index is -4.19. The van der Waals surface area contributed by atoms with E-state index in [-0.39, 0.29) is 16.4 Å². The summed E-state index contributed by atoms with van der Waals surface area (Å²) in [5, 5.41) is 1.32. The summed E-state index contributed by atoms with van der Waals surface area (Å²) in [5.41, 5.74) is 7.33. The molecule has 33 heavy (non-hydrogen) atoms. The number of nitrogens with zero attached hydrogens (tertiary/aromatic N) is 3. The van der Waals surface area contributed by atoms with Crippen molar-refractivity contribution in [3.05, 3.63) is 99.5 Å². The van der Waals surface area contributed by atoms with Gasteiger partial charge in [0.05, 0.1) is 9.92 Å². The first-order valence-corrected chi connectivity index (χ1v) is 11.9. The monoisotopic (exact) mass is 522 g/mol. The Hall–Kier alpha value is -2.91. The van der Waals surface area contributed by atoms with Gasteiger partial charge in [-0.25, -0.2) is 9.37 Å². The Morgan fingerprint density at radius 3 is 2.21 bits per heavy atom. The number of hydrogen-bond acceptors (Lipinski definition) is 3. The first-order chi connectivity index (χ1) is 15.6. The van der Waals surface area contributed by atoms with Gasteiger partial charge in [0.1, 0.15) is 17.3 Å². The van der Waals surface area contributed by atoms with Crippen LogP contribution < -0.4 is 5.73 Å². The Labute approximate surface area is 204 Å². The van der Waals surface area contributed by atoms with Crippen molar-refractivity contribution in [1.29, 1.82) is 0 Å². The van der Waals surface area contributed by atoms with Gasteiger partial charge < -0.3 is 5.73 Å². The van der Waals surface area contributed by atoms with Crippen LogP contribution in [0.15, 0.2) is 82.2 Å². The lowest BCUT2D eigenvalue weighted by Gasteiger charge is -2.09. The van der Waals surface area contributed by atoms with Crippen molar-refractivity contribution < 1.29 is 12.8 Å². The lowest BCUT2D eigenvalue weighted by Crippen LogP contribution is -2.16. The first-order valence-electron chi connectivity index (χ1n) is 9.31. The summed E-state index contributed by atoms with van der Waals surface area (Å²) in [6, 6.07) is 16.1. The molecule has 4 aromatic rings. The molecule has 0 spiro atoms. The predicted octanol–water partition coefficient (Wildman–Crippen LogP) is 5.73. The molecule has 0 fully saturated rings. The van der Waals surface area contributed by atoms with E-state index in [1.54, 1.807) is 47.0 Å². The molecule has 0 saturated carbocycles. The Bertz CT molecular complexity index is 1470. The Balaban J connectivity index is 1.84. The Morgan fingerprint density at radius 1 is 0.939 bits per heavy atom. The molecule has 6 nitrogen and oxygen atoms in total. The molecule has 4 rings (SSSR count). The van der Waals surface area contributed by atoms with Crippen LogP contribution in [-0.2, 0) is 10.0 Å². The zero-order valence-corrected chi connectivity index (χ0v) is 19.7. The topological polar surface area (TPSA) is 90.3 Å². The molecule has 0 bridgehead atoms. The second-order valence-corrected chi connectivity index (χ2v) is 9.71. The summed E-state index contributed by atoms with van der Waals surface area (Å²) in [5.74, 6) is -0.540. The fourth-order valence-electron chi connectivity index (χ4n) is 3.00. The maximum atomic E-state index is 13.2. The number of sulfonamides is 1. The van der Waals surface area contributed by atoms with Crippen LogP contribution in [0, 0.1) is 5.82 Å². The van der Waals surface area contributed by atoms with Gasteiger partial charge in [-0.2, -0.15) is 8.42 Å². The number of amidine groups is 1. The molecule has 0 unspecified atom stereocenters. The number of benzene rings is 3. The lowest BCUT2D eigenvalue weighted by atomic mass is 10.2. The smallest absolute Gasteiger partial charge is 0.284 e. The van der Waals surface area contributed by atoms with Gasteiger partial charge in [-0.3, -0.25) is 4.57 Å². The minimum absolute atomic E-state index is 0.0941. The first kappa shape index (κ1) is 23.3. The van der Waals surface area contributed by atoms with Crippen LogP contribution in [0.25, 0.3) is 17.1 Å². The second-order valence-electron chi connectivity index (χ2n) is 6.83. The van der Waals surface area contributed by atoms with Crippen LogP contribution in [0.3, 0.4) is 0 Å². The van der Waals surface area contributed by atoms with Gasteiger partial charge in [0.15, 0.2) is 5.84 Å². The van der Waals surface area contributed by atoms with Crippen molar-refractivity contribution in [2.45, 2.75) is 4.90 Å². The number of nitrogens with two attached hydrogens (primary N) is 1. The van der Waals surface area contributed by atoms with E-state index < -0.39 is 15.8 Å².